The number of carbonyl (C=O) groups excluding carboxylic acids is 3. The van der Waals surface area contributed by atoms with Crippen LogP contribution in [0.15, 0.2) is 36.4 Å². The van der Waals surface area contributed by atoms with Crippen LogP contribution in [0.2, 0.25) is 0 Å². The van der Waals surface area contributed by atoms with Gasteiger partial charge in [0, 0.05) is 11.8 Å². The molecule has 2 rings (SSSR count). The van der Waals surface area contributed by atoms with Crippen LogP contribution in [-0.2, 0) is 14.3 Å². The minimum absolute atomic E-state index is 0.0148. The number of benzene rings is 2. The van der Waals surface area contributed by atoms with Gasteiger partial charge in [-0.15, -0.1) is 0 Å². The van der Waals surface area contributed by atoms with Gasteiger partial charge in [-0.2, -0.15) is 0 Å². The van der Waals surface area contributed by atoms with Gasteiger partial charge in [-0.05, 0) is 36.8 Å². The summed E-state index contributed by atoms with van der Waals surface area (Å²) in [6.45, 7) is 0.380. The van der Waals surface area contributed by atoms with Gasteiger partial charge in [0.1, 0.15) is 5.82 Å². The Bertz CT molecular complexity index is 887. The fraction of sp³-hybridized carbons (Fsp3) is 0.167. The first-order valence-corrected chi connectivity index (χ1v) is 7.71. The summed E-state index contributed by atoms with van der Waals surface area (Å²) in [6.07, 6.45) is 0. The second-order valence-corrected chi connectivity index (χ2v) is 5.49. The zero-order valence-electron chi connectivity index (χ0n) is 14.1. The number of esters is 1. The molecule has 2 amide bonds. The predicted octanol–water partition coefficient (Wildman–Crippen LogP) is 2.32. The van der Waals surface area contributed by atoms with Gasteiger partial charge >= 0.3 is 5.97 Å². The minimum atomic E-state index is -1.13. The van der Waals surface area contributed by atoms with E-state index in [2.05, 4.69) is 10.6 Å². The fourth-order valence-corrected chi connectivity index (χ4v) is 1.94. The molecule has 0 aliphatic carbocycles. The lowest BCUT2D eigenvalue weighted by Crippen LogP contribution is -2.35. The number of hydrogen-bond acceptors (Lipinski definition) is 4. The number of nitrogens with one attached hydrogen (secondary N) is 2. The van der Waals surface area contributed by atoms with Crippen molar-refractivity contribution < 1.29 is 32.3 Å². The van der Waals surface area contributed by atoms with Crippen molar-refractivity contribution in [3.63, 3.8) is 0 Å². The molecular weight excluding hydrogens is 365 g/mol. The summed E-state index contributed by atoms with van der Waals surface area (Å²) in [5.74, 6) is -5.12. The van der Waals surface area contributed by atoms with E-state index < -0.39 is 48.4 Å². The Balaban J connectivity index is 1.76. The van der Waals surface area contributed by atoms with Crippen molar-refractivity contribution in [3.05, 3.63) is 65.0 Å². The molecule has 0 bridgehead atoms. The van der Waals surface area contributed by atoms with E-state index in [1.807, 2.05) is 0 Å². The van der Waals surface area contributed by atoms with E-state index in [-0.39, 0.29) is 11.3 Å². The number of ether oxygens (including phenoxy) is 1. The molecule has 2 aromatic rings. The maximum atomic E-state index is 13.4. The summed E-state index contributed by atoms with van der Waals surface area (Å²) in [5, 5.41) is 4.44. The van der Waals surface area contributed by atoms with E-state index in [0.717, 1.165) is 24.3 Å². The number of hydrogen-bond donors (Lipinski definition) is 2. The van der Waals surface area contributed by atoms with Crippen molar-refractivity contribution in [1.82, 2.24) is 5.32 Å². The van der Waals surface area contributed by atoms with Crippen LogP contribution in [0.25, 0.3) is 0 Å². The molecule has 0 saturated carbocycles. The number of carbonyl (C=O) groups is 3. The smallest absolute Gasteiger partial charge is 0.338 e. The molecule has 0 radical (unpaired) electrons. The quantitative estimate of drug-likeness (QED) is 0.754. The molecule has 6 nitrogen and oxygen atoms in total. The lowest BCUT2D eigenvalue weighted by atomic mass is 10.1. The van der Waals surface area contributed by atoms with Crippen LogP contribution in [0.4, 0.5) is 18.9 Å². The van der Waals surface area contributed by atoms with Gasteiger partial charge in [0.05, 0.1) is 12.1 Å². The van der Waals surface area contributed by atoms with E-state index in [1.54, 1.807) is 0 Å². The van der Waals surface area contributed by atoms with Crippen molar-refractivity contribution in [3.8, 4) is 0 Å². The second-order valence-electron chi connectivity index (χ2n) is 5.49. The first kappa shape index (κ1) is 20.0. The molecule has 142 valence electrons. The number of amides is 2. The standard InChI is InChI=1S/C18H15F3N2O4/c1-10-2-3-11(6-14(10)20)18(26)27-9-17(25)22-8-16(24)23-12-4-5-13(19)15(21)7-12/h2-7H,8-9H2,1H3,(H,22,25)(H,23,24). The normalized spacial score (nSPS) is 10.2. The summed E-state index contributed by atoms with van der Waals surface area (Å²) in [6, 6.07) is 6.53. The third-order valence-electron chi connectivity index (χ3n) is 3.39. The predicted molar refractivity (Wildman–Crippen MR) is 89.4 cm³/mol. The minimum Gasteiger partial charge on any atom is -0.452 e. The summed E-state index contributed by atoms with van der Waals surface area (Å²) >= 11 is 0. The summed E-state index contributed by atoms with van der Waals surface area (Å²) in [7, 11) is 0. The first-order chi connectivity index (χ1) is 12.8. The SMILES string of the molecule is Cc1ccc(C(=O)OCC(=O)NCC(=O)Nc2ccc(F)c(F)c2)cc1F. The molecule has 0 saturated heterocycles. The van der Waals surface area contributed by atoms with Gasteiger partial charge in [-0.3, -0.25) is 9.59 Å². The van der Waals surface area contributed by atoms with Crippen LogP contribution in [0.5, 0.6) is 0 Å². The zero-order chi connectivity index (χ0) is 20.0. The Labute approximate surface area is 152 Å². The Kier molecular flexibility index (Phi) is 6.53. The Morgan fingerprint density at radius 1 is 0.926 bits per heavy atom. The van der Waals surface area contributed by atoms with Gasteiger partial charge in [0.2, 0.25) is 5.91 Å². The zero-order valence-corrected chi connectivity index (χ0v) is 14.1. The van der Waals surface area contributed by atoms with Crippen LogP contribution < -0.4 is 10.6 Å². The van der Waals surface area contributed by atoms with E-state index in [0.29, 0.717) is 5.56 Å². The third-order valence-corrected chi connectivity index (χ3v) is 3.39. The highest BCUT2D eigenvalue weighted by Crippen LogP contribution is 2.13. The first-order valence-electron chi connectivity index (χ1n) is 7.71. The number of aryl methyl sites for hydroxylation is 1. The molecule has 2 aromatic carbocycles. The average Bonchev–Trinajstić information content (AvgIpc) is 2.63. The molecule has 2 N–H and O–H groups in total. The van der Waals surface area contributed by atoms with Gasteiger partial charge in [-0.1, -0.05) is 6.07 Å². The third kappa shape index (κ3) is 5.84. The van der Waals surface area contributed by atoms with Gasteiger partial charge in [0.15, 0.2) is 18.2 Å². The van der Waals surface area contributed by atoms with E-state index in [9.17, 15) is 27.6 Å². The summed E-state index contributed by atoms with van der Waals surface area (Å²) in [5.41, 5.74) is 0.319. The number of halogens is 3. The van der Waals surface area contributed by atoms with Crippen LogP contribution in [-0.4, -0.2) is 30.9 Å². The largest absolute Gasteiger partial charge is 0.452 e. The number of anilines is 1. The van der Waals surface area contributed by atoms with Crippen molar-refractivity contribution in [2.75, 3.05) is 18.5 Å². The highest BCUT2D eigenvalue weighted by molar-refractivity contribution is 5.95. The van der Waals surface area contributed by atoms with Crippen LogP contribution in [0.1, 0.15) is 15.9 Å². The maximum Gasteiger partial charge on any atom is 0.338 e. The molecule has 0 aliphatic rings. The highest BCUT2D eigenvalue weighted by atomic mass is 19.2. The molecule has 0 fully saturated rings. The fourth-order valence-electron chi connectivity index (χ4n) is 1.94. The van der Waals surface area contributed by atoms with Gasteiger partial charge in [0.25, 0.3) is 5.91 Å². The number of rotatable bonds is 6. The molecule has 0 aliphatic heterocycles. The topological polar surface area (TPSA) is 84.5 Å². The van der Waals surface area contributed by atoms with Crippen LogP contribution >= 0.6 is 0 Å². The molecule has 0 spiro atoms. The van der Waals surface area contributed by atoms with Crippen LogP contribution in [0.3, 0.4) is 0 Å². The molecular formula is C18H15F3N2O4. The average molecular weight is 380 g/mol. The Morgan fingerprint density at radius 3 is 2.33 bits per heavy atom. The summed E-state index contributed by atoms with van der Waals surface area (Å²) < 4.78 is 44.0. The van der Waals surface area contributed by atoms with Crippen LogP contribution in [0, 0.1) is 24.4 Å². The summed E-state index contributed by atoms with van der Waals surface area (Å²) in [4.78, 5) is 35.0. The molecule has 0 atom stereocenters. The molecule has 0 unspecified atom stereocenters. The van der Waals surface area contributed by atoms with E-state index in [4.69, 9.17) is 4.74 Å². The van der Waals surface area contributed by atoms with Gasteiger partial charge < -0.3 is 15.4 Å². The Hall–Kier alpha value is -3.36. The second kappa shape index (κ2) is 8.84. The van der Waals surface area contributed by atoms with E-state index >= 15 is 0 Å². The van der Waals surface area contributed by atoms with E-state index in [1.165, 1.54) is 19.1 Å². The van der Waals surface area contributed by atoms with Gasteiger partial charge in [-0.25, -0.2) is 18.0 Å². The lowest BCUT2D eigenvalue weighted by Gasteiger charge is -2.08. The van der Waals surface area contributed by atoms with Crippen molar-refractivity contribution in [1.29, 1.82) is 0 Å². The van der Waals surface area contributed by atoms with Crippen molar-refractivity contribution in [2.24, 2.45) is 0 Å². The highest BCUT2D eigenvalue weighted by Gasteiger charge is 2.13. The van der Waals surface area contributed by atoms with Crippen molar-refractivity contribution >= 4 is 23.5 Å². The maximum absolute atomic E-state index is 13.4. The monoisotopic (exact) mass is 380 g/mol. The Morgan fingerprint density at radius 2 is 1.67 bits per heavy atom. The molecule has 27 heavy (non-hydrogen) atoms. The molecule has 0 heterocycles. The lowest BCUT2D eigenvalue weighted by molar-refractivity contribution is -0.126. The molecule has 9 heteroatoms. The molecule has 0 aromatic heterocycles. The van der Waals surface area contributed by atoms with Crippen molar-refractivity contribution in [2.45, 2.75) is 6.92 Å².